The van der Waals surface area contributed by atoms with Crippen molar-refractivity contribution < 1.29 is 13.9 Å². The Hall–Kier alpha value is -1.64. The molecule has 0 atom stereocenters. The fourth-order valence-electron chi connectivity index (χ4n) is 1.06. The monoisotopic (exact) mass is 194 g/mol. The highest BCUT2D eigenvalue weighted by Crippen LogP contribution is 2.18. The molecule has 14 heavy (non-hydrogen) atoms. The molecule has 0 saturated carbocycles. The zero-order valence-electron chi connectivity index (χ0n) is 8.08. The van der Waals surface area contributed by atoms with Gasteiger partial charge in [0.2, 0.25) is 0 Å². The fourth-order valence-corrected chi connectivity index (χ4v) is 1.06. The lowest BCUT2D eigenvalue weighted by Crippen LogP contribution is -1.96. The number of ether oxygens (including phenoxy) is 1. The van der Waals surface area contributed by atoms with Gasteiger partial charge in [-0.2, -0.15) is 0 Å². The molecule has 0 unspecified atom stereocenters. The molecule has 74 valence electrons. The fraction of sp³-hybridized carbons (Fsp3) is 0.182. The van der Waals surface area contributed by atoms with Gasteiger partial charge >= 0.3 is 0 Å². The third-order valence-electron chi connectivity index (χ3n) is 1.75. The smallest absolute Gasteiger partial charge is 0.185 e. The predicted octanol–water partition coefficient (Wildman–Crippen LogP) is 2.59. The van der Waals surface area contributed by atoms with Crippen LogP contribution in [0.5, 0.6) is 5.75 Å². The Labute approximate surface area is 82.0 Å². The van der Waals surface area contributed by atoms with Crippen molar-refractivity contribution >= 4 is 5.78 Å². The first-order chi connectivity index (χ1) is 6.69. The van der Waals surface area contributed by atoms with Crippen LogP contribution in [0.4, 0.5) is 4.39 Å². The van der Waals surface area contributed by atoms with Crippen LogP contribution in [0.1, 0.15) is 17.3 Å². The van der Waals surface area contributed by atoms with Crippen LogP contribution in [-0.2, 0) is 0 Å². The molecule has 0 amide bonds. The third kappa shape index (κ3) is 2.19. The van der Waals surface area contributed by atoms with Crippen LogP contribution in [0.25, 0.3) is 0 Å². The maximum Gasteiger partial charge on any atom is 0.185 e. The molecule has 0 saturated heterocycles. The van der Waals surface area contributed by atoms with Crippen LogP contribution in [0.15, 0.2) is 30.4 Å². The van der Waals surface area contributed by atoms with Crippen molar-refractivity contribution in [1.82, 2.24) is 0 Å². The van der Waals surface area contributed by atoms with E-state index < -0.39 is 5.82 Å². The molecule has 1 rings (SSSR count). The van der Waals surface area contributed by atoms with Gasteiger partial charge in [0, 0.05) is 5.56 Å². The average molecular weight is 194 g/mol. The summed E-state index contributed by atoms with van der Waals surface area (Å²) in [5.41, 5.74) is 0.418. The van der Waals surface area contributed by atoms with Crippen LogP contribution < -0.4 is 4.74 Å². The van der Waals surface area contributed by atoms with E-state index in [2.05, 4.69) is 0 Å². The number of halogens is 1. The van der Waals surface area contributed by atoms with Crippen molar-refractivity contribution in [2.45, 2.75) is 6.92 Å². The van der Waals surface area contributed by atoms with E-state index in [1.807, 2.05) is 0 Å². The maximum absolute atomic E-state index is 13.0. The van der Waals surface area contributed by atoms with Crippen LogP contribution >= 0.6 is 0 Å². The second kappa shape index (κ2) is 4.56. The van der Waals surface area contributed by atoms with Crippen LogP contribution in [0.3, 0.4) is 0 Å². The Morgan fingerprint density at radius 3 is 2.79 bits per heavy atom. The van der Waals surface area contributed by atoms with Gasteiger partial charge in [0.05, 0.1) is 7.11 Å². The quantitative estimate of drug-likeness (QED) is 0.546. The van der Waals surface area contributed by atoms with Gasteiger partial charge in [-0.3, -0.25) is 4.79 Å². The number of hydrogen-bond donors (Lipinski definition) is 0. The van der Waals surface area contributed by atoms with Gasteiger partial charge in [0.25, 0.3) is 0 Å². The van der Waals surface area contributed by atoms with Gasteiger partial charge in [-0.1, -0.05) is 6.08 Å². The Kier molecular flexibility index (Phi) is 3.40. The number of carbonyl (C=O) groups is 1. The van der Waals surface area contributed by atoms with E-state index in [1.165, 1.54) is 31.4 Å². The van der Waals surface area contributed by atoms with Crippen molar-refractivity contribution in [3.63, 3.8) is 0 Å². The van der Waals surface area contributed by atoms with Crippen molar-refractivity contribution in [2.24, 2.45) is 0 Å². The minimum absolute atomic E-state index is 0.0837. The summed E-state index contributed by atoms with van der Waals surface area (Å²) in [5.74, 6) is -0.546. The van der Waals surface area contributed by atoms with E-state index in [0.717, 1.165) is 0 Å². The van der Waals surface area contributed by atoms with Gasteiger partial charge in [0.15, 0.2) is 17.3 Å². The molecule has 0 bridgehead atoms. The minimum Gasteiger partial charge on any atom is -0.494 e. The summed E-state index contributed by atoms with van der Waals surface area (Å²) in [7, 11) is 1.36. The standard InChI is InChI=1S/C11H11FO2/c1-3-4-10(13)8-5-6-9(12)11(7-8)14-2/h3-7H,1-2H3. The lowest BCUT2D eigenvalue weighted by Gasteiger charge is -2.02. The Morgan fingerprint density at radius 1 is 1.50 bits per heavy atom. The molecule has 0 spiro atoms. The summed E-state index contributed by atoms with van der Waals surface area (Å²) < 4.78 is 17.7. The Morgan fingerprint density at radius 2 is 2.21 bits per heavy atom. The number of rotatable bonds is 3. The Bertz CT molecular complexity index is 370. The van der Waals surface area contributed by atoms with E-state index >= 15 is 0 Å². The summed E-state index contributed by atoms with van der Waals surface area (Å²) in [5, 5.41) is 0. The first kappa shape index (κ1) is 10.4. The molecule has 1 aromatic carbocycles. The first-order valence-electron chi connectivity index (χ1n) is 4.19. The van der Waals surface area contributed by atoms with Crippen molar-refractivity contribution in [2.75, 3.05) is 7.11 Å². The number of hydrogen-bond acceptors (Lipinski definition) is 2. The van der Waals surface area contributed by atoms with E-state index in [0.29, 0.717) is 5.56 Å². The van der Waals surface area contributed by atoms with Crippen molar-refractivity contribution in [1.29, 1.82) is 0 Å². The molecular weight excluding hydrogens is 183 g/mol. The lowest BCUT2D eigenvalue weighted by atomic mass is 10.1. The molecular formula is C11H11FO2. The summed E-state index contributed by atoms with van der Waals surface area (Å²) in [6, 6.07) is 4.04. The number of allylic oxidation sites excluding steroid dienone is 2. The van der Waals surface area contributed by atoms with Crippen LogP contribution in [-0.4, -0.2) is 12.9 Å². The highest BCUT2D eigenvalue weighted by atomic mass is 19.1. The number of ketones is 1. The largest absolute Gasteiger partial charge is 0.494 e. The summed E-state index contributed by atoms with van der Waals surface area (Å²) in [4.78, 5) is 11.4. The highest BCUT2D eigenvalue weighted by Gasteiger charge is 2.07. The molecule has 0 aliphatic heterocycles. The minimum atomic E-state index is -0.468. The van der Waals surface area contributed by atoms with Gasteiger partial charge < -0.3 is 4.74 Å². The van der Waals surface area contributed by atoms with Crippen molar-refractivity contribution in [3.05, 3.63) is 41.7 Å². The third-order valence-corrected chi connectivity index (χ3v) is 1.75. The zero-order valence-corrected chi connectivity index (χ0v) is 8.08. The van der Waals surface area contributed by atoms with Crippen molar-refractivity contribution in [3.8, 4) is 5.75 Å². The second-order valence-corrected chi connectivity index (χ2v) is 2.71. The number of methoxy groups -OCH3 is 1. The van der Waals surface area contributed by atoms with Gasteiger partial charge in [-0.15, -0.1) is 0 Å². The zero-order chi connectivity index (χ0) is 10.6. The molecule has 0 aliphatic carbocycles. The molecule has 0 aliphatic rings. The van der Waals surface area contributed by atoms with Crippen LogP contribution in [0, 0.1) is 5.82 Å². The SMILES string of the molecule is CC=CC(=O)c1ccc(F)c(OC)c1. The number of benzene rings is 1. The molecule has 2 nitrogen and oxygen atoms in total. The maximum atomic E-state index is 13.0. The molecule has 3 heteroatoms. The summed E-state index contributed by atoms with van der Waals surface area (Å²) in [6.07, 6.45) is 3.06. The highest BCUT2D eigenvalue weighted by molar-refractivity contribution is 6.04. The summed E-state index contributed by atoms with van der Waals surface area (Å²) in [6.45, 7) is 1.75. The van der Waals surface area contributed by atoms with Crippen LogP contribution in [0.2, 0.25) is 0 Å². The van der Waals surface area contributed by atoms with E-state index in [-0.39, 0.29) is 11.5 Å². The van der Waals surface area contributed by atoms with E-state index in [4.69, 9.17) is 4.74 Å². The van der Waals surface area contributed by atoms with Gasteiger partial charge in [0.1, 0.15) is 0 Å². The molecule has 0 radical (unpaired) electrons. The van der Waals surface area contributed by atoms with Gasteiger partial charge in [-0.05, 0) is 31.2 Å². The molecule has 0 aromatic heterocycles. The lowest BCUT2D eigenvalue weighted by molar-refractivity contribution is 0.104. The molecule has 0 fully saturated rings. The topological polar surface area (TPSA) is 26.3 Å². The Balaban J connectivity index is 3.06. The average Bonchev–Trinajstić information content (AvgIpc) is 2.19. The van der Waals surface area contributed by atoms with E-state index in [1.54, 1.807) is 13.0 Å². The molecule has 1 aromatic rings. The molecule has 0 heterocycles. The number of carbonyl (C=O) groups excluding carboxylic acids is 1. The predicted molar refractivity (Wildman–Crippen MR) is 52.1 cm³/mol. The normalized spacial score (nSPS) is 10.5. The molecule has 0 N–H and O–H groups in total. The van der Waals surface area contributed by atoms with Gasteiger partial charge in [-0.25, -0.2) is 4.39 Å². The second-order valence-electron chi connectivity index (χ2n) is 2.71. The first-order valence-corrected chi connectivity index (χ1v) is 4.19. The van der Waals surface area contributed by atoms with E-state index in [9.17, 15) is 9.18 Å². The summed E-state index contributed by atoms with van der Waals surface area (Å²) >= 11 is 0.